The maximum Gasteiger partial charge on any atom is 0.150 e. The van der Waals surface area contributed by atoms with Crippen molar-refractivity contribution < 1.29 is 4.74 Å². The molecule has 0 unspecified atom stereocenters. The summed E-state index contributed by atoms with van der Waals surface area (Å²) >= 11 is 0. The van der Waals surface area contributed by atoms with Crippen LogP contribution in [0.3, 0.4) is 0 Å². The summed E-state index contributed by atoms with van der Waals surface area (Å²) in [4.78, 5) is 4.19. The van der Waals surface area contributed by atoms with Gasteiger partial charge in [0.05, 0.1) is 6.20 Å². The van der Waals surface area contributed by atoms with Gasteiger partial charge < -0.3 is 10.1 Å². The first-order valence-corrected chi connectivity index (χ1v) is 7.68. The Hall–Kier alpha value is -1.87. The quantitative estimate of drug-likeness (QED) is 0.904. The number of ether oxygens (including phenoxy) is 1. The molecule has 0 saturated carbocycles. The molecule has 0 fully saturated rings. The zero-order valence-corrected chi connectivity index (χ0v) is 12.7. The molecule has 0 saturated heterocycles. The summed E-state index contributed by atoms with van der Waals surface area (Å²) in [7, 11) is 0. The van der Waals surface area contributed by atoms with E-state index in [4.69, 9.17) is 4.74 Å². The van der Waals surface area contributed by atoms with E-state index in [2.05, 4.69) is 42.3 Å². The highest BCUT2D eigenvalue weighted by Gasteiger charge is 2.12. The van der Waals surface area contributed by atoms with Crippen LogP contribution in [-0.2, 0) is 19.4 Å². The Bertz CT molecular complexity index is 622. The lowest BCUT2D eigenvalue weighted by Crippen LogP contribution is -2.22. The Labute approximate surface area is 126 Å². The third kappa shape index (κ3) is 3.42. The van der Waals surface area contributed by atoms with Gasteiger partial charge in [0.2, 0.25) is 0 Å². The van der Waals surface area contributed by atoms with E-state index >= 15 is 0 Å². The summed E-state index contributed by atoms with van der Waals surface area (Å²) in [6, 6.07) is 8.90. The molecule has 1 aliphatic carbocycles. The zero-order chi connectivity index (χ0) is 14.7. The monoisotopic (exact) mass is 282 g/mol. The third-order valence-corrected chi connectivity index (χ3v) is 3.87. The van der Waals surface area contributed by atoms with E-state index in [0.717, 1.165) is 23.6 Å². The molecule has 0 atom stereocenters. The normalized spacial score (nSPS) is 13.5. The Morgan fingerprint density at radius 1 is 1.19 bits per heavy atom. The summed E-state index contributed by atoms with van der Waals surface area (Å²) in [6.45, 7) is 5.07. The van der Waals surface area contributed by atoms with Crippen molar-refractivity contribution >= 4 is 0 Å². The first-order valence-electron chi connectivity index (χ1n) is 7.68. The summed E-state index contributed by atoms with van der Waals surface area (Å²) in [5, 5.41) is 3.42. The molecule has 110 valence electrons. The van der Waals surface area contributed by atoms with Gasteiger partial charge >= 0.3 is 0 Å². The summed E-state index contributed by atoms with van der Waals surface area (Å²) in [6.07, 6.45) is 7.24. The second-order valence-corrected chi connectivity index (χ2v) is 5.91. The molecule has 1 N–H and O–H groups in total. The van der Waals surface area contributed by atoms with Crippen molar-refractivity contribution in [3.8, 4) is 11.5 Å². The molecule has 0 bridgehead atoms. The maximum absolute atomic E-state index is 6.06. The zero-order valence-electron chi connectivity index (χ0n) is 12.7. The Morgan fingerprint density at radius 2 is 2.05 bits per heavy atom. The fourth-order valence-electron chi connectivity index (χ4n) is 2.70. The summed E-state index contributed by atoms with van der Waals surface area (Å²) < 4.78 is 6.06. The molecule has 0 spiro atoms. The minimum absolute atomic E-state index is 0.450. The van der Waals surface area contributed by atoms with Crippen LogP contribution in [0.15, 0.2) is 36.7 Å². The van der Waals surface area contributed by atoms with Crippen LogP contribution in [0.2, 0.25) is 0 Å². The molecule has 3 nitrogen and oxygen atoms in total. The largest absolute Gasteiger partial charge is 0.455 e. The fourth-order valence-corrected chi connectivity index (χ4v) is 2.70. The van der Waals surface area contributed by atoms with Crippen LogP contribution in [0.5, 0.6) is 11.5 Å². The highest BCUT2D eigenvalue weighted by atomic mass is 16.5. The Morgan fingerprint density at radius 3 is 2.90 bits per heavy atom. The van der Waals surface area contributed by atoms with E-state index in [1.165, 1.54) is 30.4 Å². The first kappa shape index (κ1) is 14.1. The van der Waals surface area contributed by atoms with Gasteiger partial charge in [0, 0.05) is 24.3 Å². The minimum Gasteiger partial charge on any atom is -0.455 e. The van der Waals surface area contributed by atoms with Gasteiger partial charge in [-0.05, 0) is 48.6 Å². The van der Waals surface area contributed by atoms with E-state index in [9.17, 15) is 0 Å². The lowest BCUT2D eigenvalue weighted by Gasteiger charge is -2.13. The van der Waals surface area contributed by atoms with Gasteiger partial charge in [0.1, 0.15) is 11.5 Å². The molecule has 0 amide bonds. The molecule has 0 aliphatic heterocycles. The van der Waals surface area contributed by atoms with Crippen LogP contribution in [0.1, 0.15) is 37.0 Å². The molecule has 3 rings (SSSR count). The van der Waals surface area contributed by atoms with Crippen molar-refractivity contribution in [2.75, 3.05) is 0 Å². The van der Waals surface area contributed by atoms with Gasteiger partial charge in [-0.1, -0.05) is 19.9 Å². The van der Waals surface area contributed by atoms with Gasteiger partial charge in [0.15, 0.2) is 0 Å². The van der Waals surface area contributed by atoms with Crippen molar-refractivity contribution in [3.63, 3.8) is 0 Å². The molecular weight excluding hydrogens is 260 g/mol. The highest BCUT2D eigenvalue weighted by Crippen LogP contribution is 2.30. The van der Waals surface area contributed by atoms with Crippen molar-refractivity contribution in [3.05, 3.63) is 53.3 Å². The molecule has 0 radical (unpaired) electrons. The number of fused-ring (bicyclic) bond motifs is 1. The van der Waals surface area contributed by atoms with E-state index in [1.807, 2.05) is 12.3 Å². The first-order chi connectivity index (χ1) is 10.2. The highest BCUT2D eigenvalue weighted by molar-refractivity contribution is 5.41. The predicted octanol–water partition coefficient (Wildman–Crippen LogP) is 3.86. The standard InChI is InChI=1S/C18H22N2O/c1-13(2)20-11-16-8-9-19-12-18(16)21-17-7-6-14-4-3-5-15(14)10-17/h6-10,12-13,20H,3-5,11H2,1-2H3. The fraction of sp³-hybridized carbons (Fsp3) is 0.389. The van der Waals surface area contributed by atoms with Crippen LogP contribution in [-0.4, -0.2) is 11.0 Å². The van der Waals surface area contributed by atoms with Crippen LogP contribution in [0.4, 0.5) is 0 Å². The molecular formula is C18H22N2O. The summed E-state index contributed by atoms with van der Waals surface area (Å²) in [5.41, 5.74) is 4.03. The Balaban J connectivity index is 1.78. The third-order valence-electron chi connectivity index (χ3n) is 3.87. The van der Waals surface area contributed by atoms with Crippen LogP contribution in [0, 0.1) is 0 Å². The van der Waals surface area contributed by atoms with E-state index < -0.39 is 0 Å². The van der Waals surface area contributed by atoms with Gasteiger partial charge in [-0.25, -0.2) is 0 Å². The summed E-state index contributed by atoms with van der Waals surface area (Å²) in [5.74, 6) is 1.75. The van der Waals surface area contributed by atoms with Crippen LogP contribution < -0.4 is 10.1 Å². The van der Waals surface area contributed by atoms with E-state index in [1.54, 1.807) is 6.20 Å². The number of nitrogens with one attached hydrogen (secondary N) is 1. The number of nitrogens with zero attached hydrogens (tertiary/aromatic N) is 1. The van der Waals surface area contributed by atoms with E-state index in [0.29, 0.717) is 6.04 Å². The number of rotatable bonds is 5. The van der Waals surface area contributed by atoms with Gasteiger partial charge in [0.25, 0.3) is 0 Å². The van der Waals surface area contributed by atoms with Crippen molar-refractivity contribution in [2.45, 2.75) is 45.7 Å². The Kier molecular flexibility index (Phi) is 4.20. The number of pyridine rings is 1. The molecule has 1 heterocycles. The second kappa shape index (κ2) is 6.27. The number of benzene rings is 1. The molecule has 1 aromatic heterocycles. The number of aryl methyl sites for hydroxylation is 2. The smallest absolute Gasteiger partial charge is 0.150 e. The van der Waals surface area contributed by atoms with Crippen LogP contribution in [0.25, 0.3) is 0 Å². The number of aromatic nitrogens is 1. The topological polar surface area (TPSA) is 34.2 Å². The number of hydrogen-bond acceptors (Lipinski definition) is 3. The lowest BCUT2D eigenvalue weighted by atomic mass is 10.1. The van der Waals surface area contributed by atoms with Crippen molar-refractivity contribution in [2.24, 2.45) is 0 Å². The van der Waals surface area contributed by atoms with Gasteiger partial charge in [-0.2, -0.15) is 0 Å². The van der Waals surface area contributed by atoms with Crippen molar-refractivity contribution in [1.82, 2.24) is 10.3 Å². The molecule has 21 heavy (non-hydrogen) atoms. The second-order valence-electron chi connectivity index (χ2n) is 5.91. The minimum atomic E-state index is 0.450. The van der Waals surface area contributed by atoms with Crippen molar-refractivity contribution in [1.29, 1.82) is 0 Å². The van der Waals surface area contributed by atoms with Crippen LogP contribution >= 0.6 is 0 Å². The van der Waals surface area contributed by atoms with Gasteiger partial charge in [-0.15, -0.1) is 0 Å². The number of hydrogen-bond donors (Lipinski definition) is 1. The maximum atomic E-state index is 6.06. The molecule has 3 heteroatoms. The van der Waals surface area contributed by atoms with E-state index in [-0.39, 0.29) is 0 Å². The molecule has 1 aliphatic rings. The average molecular weight is 282 g/mol. The molecule has 2 aromatic rings. The van der Waals surface area contributed by atoms with Gasteiger partial charge in [-0.3, -0.25) is 4.98 Å². The SMILES string of the molecule is CC(C)NCc1ccncc1Oc1ccc2c(c1)CCC2. The lowest BCUT2D eigenvalue weighted by molar-refractivity contribution is 0.466. The predicted molar refractivity (Wildman–Crippen MR) is 84.8 cm³/mol. The molecule has 1 aromatic carbocycles. The average Bonchev–Trinajstić information content (AvgIpc) is 2.94.